The molecule has 2 atom stereocenters. The zero-order chi connectivity index (χ0) is 14.3. The maximum atomic E-state index is 11.8. The molecular formula is C13H25Cl2N3O2S. The first-order chi connectivity index (χ1) is 9.08. The van der Waals surface area contributed by atoms with Gasteiger partial charge in [0.25, 0.3) is 0 Å². The van der Waals surface area contributed by atoms with E-state index in [0.29, 0.717) is 19.5 Å². The molecule has 0 aliphatic rings. The van der Waals surface area contributed by atoms with Crippen LogP contribution in [-0.2, 0) is 9.53 Å². The van der Waals surface area contributed by atoms with E-state index < -0.39 is 0 Å². The van der Waals surface area contributed by atoms with Gasteiger partial charge in [0.05, 0.1) is 18.6 Å². The number of hydrogen-bond donors (Lipinski definition) is 2. The molecule has 3 N–H and O–H groups in total. The average Bonchev–Trinajstić information content (AvgIpc) is 2.89. The molecule has 0 radical (unpaired) electrons. The number of carbonyl (C=O) groups excluding carboxylic acids is 1. The molecule has 0 bridgehead atoms. The number of halogens is 2. The Morgan fingerprint density at radius 3 is 2.57 bits per heavy atom. The van der Waals surface area contributed by atoms with E-state index in [2.05, 4.69) is 16.3 Å². The molecule has 0 saturated heterocycles. The van der Waals surface area contributed by atoms with Gasteiger partial charge in [-0.2, -0.15) is 0 Å². The van der Waals surface area contributed by atoms with Gasteiger partial charge >= 0.3 is 0 Å². The molecule has 0 aliphatic heterocycles. The number of ether oxygens (including phenoxy) is 1. The lowest BCUT2D eigenvalue weighted by molar-refractivity contribution is -0.123. The van der Waals surface area contributed by atoms with E-state index in [1.54, 1.807) is 18.4 Å². The molecule has 0 fully saturated rings. The topological polar surface area (TPSA) is 67.6 Å². The summed E-state index contributed by atoms with van der Waals surface area (Å²) >= 11 is 1.70. The van der Waals surface area contributed by atoms with Crippen LogP contribution in [0.2, 0.25) is 0 Å². The average molecular weight is 358 g/mol. The number of methoxy groups -OCH3 is 1. The van der Waals surface area contributed by atoms with Gasteiger partial charge in [0.2, 0.25) is 5.91 Å². The molecular weight excluding hydrogens is 333 g/mol. The number of nitrogens with one attached hydrogen (secondary N) is 1. The van der Waals surface area contributed by atoms with Crippen LogP contribution in [0, 0.1) is 0 Å². The maximum absolute atomic E-state index is 11.8. The van der Waals surface area contributed by atoms with Crippen molar-refractivity contribution in [3.63, 3.8) is 0 Å². The maximum Gasteiger partial charge on any atom is 0.222 e. The van der Waals surface area contributed by atoms with Crippen molar-refractivity contribution >= 4 is 42.1 Å². The highest BCUT2D eigenvalue weighted by Crippen LogP contribution is 2.22. The van der Waals surface area contributed by atoms with Gasteiger partial charge in [-0.15, -0.1) is 36.2 Å². The van der Waals surface area contributed by atoms with Gasteiger partial charge in [-0.3, -0.25) is 4.79 Å². The third-order valence-corrected chi connectivity index (χ3v) is 3.97. The van der Waals surface area contributed by atoms with Crippen molar-refractivity contribution in [2.24, 2.45) is 5.73 Å². The Bertz CT molecular complexity index is 374. The fourth-order valence-corrected chi connectivity index (χ4v) is 2.69. The molecule has 8 heteroatoms. The predicted molar refractivity (Wildman–Crippen MR) is 92.7 cm³/mol. The summed E-state index contributed by atoms with van der Waals surface area (Å²) in [7, 11) is 5.59. The van der Waals surface area contributed by atoms with E-state index in [4.69, 9.17) is 10.5 Å². The zero-order valence-corrected chi connectivity index (χ0v) is 15.0. The third kappa shape index (κ3) is 7.99. The monoisotopic (exact) mass is 357 g/mol. The van der Waals surface area contributed by atoms with Crippen LogP contribution in [0.3, 0.4) is 0 Å². The number of rotatable bonds is 8. The smallest absolute Gasteiger partial charge is 0.222 e. The SMILES string of the molecule is COC(CN)CC(=O)NCC(c1cccs1)N(C)C.Cl.Cl. The van der Waals surface area contributed by atoms with Crippen LogP contribution in [0.5, 0.6) is 0 Å². The summed E-state index contributed by atoms with van der Waals surface area (Å²) < 4.78 is 5.10. The molecule has 1 heterocycles. The Morgan fingerprint density at radius 1 is 1.48 bits per heavy atom. The fourth-order valence-electron chi connectivity index (χ4n) is 1.77. The highest BCUT2D eigenvalue weighted by Gasteiger charge is 2.17. The molecule has 1 aromatic heterocycles. The number of carbonyl (C=O) groups is 1. The van der Waals surface area contributed by atoms with Crippen molar-refractivity contribution in [2.75, 3.05) is 34.3 Å². The molecule has 0 saturated carbocycles. The van der Waals surface area contributed by atoms with Crippen LogP contribution >= 0.6 is 36.2 Å². The van der Waals surface area contributed by atoms with Gasteiger partial charge < -0.3 is 20.7 Å². The van der Waals surface area contributed by atoms with E-state index in [1.807, 2.05) is 25.5 Å². The standard InChI is InChI=1S/C13H23N3O2S.2ClH/c1-16(2)11(12-5-4-6-19-12)9-15-13(17)7-10(8-14)18-3;;/h4-6,10-11H,7-9,14H2,1-3H3,(H,15,17);2*1H. The van der Waals surface area contributed by atoms with Crippen LogP contribution in [0.4, 0.5) is 0 Å². The highest BCUT2D eigenvalue weighted by molar-refractivity contribution is 7.10. The molecule has 1 aromatic rings. The van der Waals surface area contributed by atoms with Crippen molar-refractivity contribution in [1.29, 1.82) is 0 Å². The third-order valence-electron chi connectivity index (χ3n) is 3.00. The number of nitrogens with two attached hydrogens (primary N) is 1. The summed E-state index contributed by atoms with van der Waals surface area (Å²) in [5.41, 5.74) is 5.50. The molecule has 5 nitrogen and oxygen atoms in total. The van der Waals surface area contributed by atoms with Gasteiger partial charge in [0.1, 0.15) is 0 Å². The van der Waals surface area contributed by atoms with Gasteiger partial charge in [-0.05, 0) is 25.5 Å². The van der Waals surface area contributed by atoms with Gasteiger partial charge in [-0.25, -0.2) is 0 Å². The number of amides is 1. The lowest BCUT2D eigenvalue weighted by atomic mass is 10.2. The summed E-state index contributed by atoms with van der Waals surface area (Å²) in [4.78, 5) is 15.1. The first-order valence-corrected chi connectivity index (χ1v) is 7.15. The Balaban J connectivity index is 0. The minimum Gasteiger partial charge on any atom is -0.380 e. The largest absolute Gasteiger partial charge is 0.380 e. The van der Waals surface area contributed by atoms with Crippen molar-refractivity contribution in [3.05, 3.63) is 22.4 Å². The normalized spacial score (nSPS) is 13.0. The molecule has 21 heavy (non-hydrogen) atoms. The zero-order valence-electron chi connectivity index (χ0n) is 12.6. The van der Waals surface area contributed by atoms with Crippen LogP contribution in [0.25, 0.3) is 0 Å². The van der Waals surface area contributed by atoms with Crippen LogP contribution < -0.4 is 11.1 Å². The minimum atomic E-state index is -0.209. The van der Waals surface area contributed by atoms with Crippen molar-refractivity contribution < 1.29 is 9.53 Å². The van der Waals surface area contributed by atoms with E-state index in [-0.39, 0.29) is 42.9 Å². The Kier molecular flexibility index (Phi) is 13.3. The summed E-state index contributed by atoms with van der Waals surface area (Å²) in [6.07, 6.45) is 0.0944. The van der Waals surface area contributed by atoms with Crippen LogP contribution in [-0.4, -0.2) is 51.2 Å². The Morgan fingerprint density at radius 2 is 2.14 bits per heavy atom. The first-order valence-electron chi connectivity index (χ1n) is 6.27. The molecule has 1 amide bonds. The van der Waals surface area contributed by atoms with Crippen LogP contribution in [0.1, 0.15) is 17.3 Å². The predicted octanol–water partition coefficient (Wildman–Crippen LogP) is 1.67. The summed E-state index contributed by atoms with van der Waals surface area (Å²) in [6, 6.07) is 4.30. The minimum absolute atomic E-state index is 0. The lowest BCUT2D eigenvalue weighted by Gasteiger charge is -2.24. The van der Waals surface area contributed by atoms with E-state index in [0.717, 1.165) is 0 Å². The second-order valence-electron chi connectivity index (χ2n) is 4.60. The second kappa shape index (κ2) is 12.2. The van der Waals surface area contributed by atoms with Crippen LogP contribution in [0.15, 0.2) is 17.5 Å². The van der Waals surface area contributed by atoms with E-state index >= 15 is 0 Å². The lowest BCUT2D eigenvalue weighted by Crippen LogP contribution is -2.37. The number of nitrogens with zero attached hydrogens (tertiary/aromatic N) is 1. The van der Waals surface area contributed by atoms with Gasteiger partial charge in [-0.1, -0.05) is 6.07 Å². The summed E-state index contributed by atoms with van der Waals surface area (Å²) in [5, 5.41) is 4.99. The molecule has 0 spiro atoms. The quantitative estimate of drug-likeness (QED) is 0.742. The first kappa shape index (κ1) is 22.9. The van der Waals surface area contributed by atoms with Crippen molar-refractivity contribution in [2.45, 2.75) is 18.6 Å². The number of thiophene rings is 1. The Hall–Kier alpha value is -0.370. The van der Waals surface area contributed by atoms with E-state index in [1.165, 1.54) is 4.88 Å². The Labute approximate surface area is 143 Å². The van der Waals surface area contributed by atoms with Gasteiger partial charge in [0.15, 0.2) is 0 Å². The molecule has 124 valence electrons. The number of likely N-dealkylation sites (N-methyl/N-ethyl adjacent to an activating group) is 1. The summed E-state index contributed by atoms with van der Waals surface area (Å²) in [6.45, 7) is 0.944. The highest BCUT2D eigenvalue weighted by atomic mass is 35.5. The molecule has 2 unspecified atom stereocenters. The molecule has 0 aromatic carbocycles. The fraction of sp³-hybridized carbons (Fsp3) is 0.615. The molecule has 0 aliphatic carbocycles. The van der Waals surface area contributed by atoms with E-state index in [9.17, 15) is 4.79 Å². The van der Waals surface area contributed by atoms with Crippen molar-refractivity contribution in [1.82, 2.24) is 10.2 Å². The molecule has 1 rings (SSSR count). The number of hydrogen-bond acceptors (Lipinski definition) is 5. The van der Waals surface area contributed by atoms with Crippen molar-refractivity contribution in [3.8, 4) is 0 Å². The summed E-state index contributed by atoms with van der Waals surface area (Å²) in [5.74, 6) is -0.0271. The van der Waals surface area contributed by atoms with Gasteiger partial charge in [0, 0.05) is 25.1 Å². The second-order valence-corrected chi connectivity index (χ2v) is 5.58.